The van der Waals surface area contributed by atoms with Crippen LogP contribution in [-0.2, 0) is 46.3 Å². The molecule has 2 heterocycles. The van der Waals surface area contributed by atoms with Gasteiger partial charge in [-0.25, -0.2) is 9.69 Å². The Morgan fingerprint density at radius 2 is 1.55 bits per heavy atom. The molecule has 0 saturated carbocycles. The van der Waals surface area contributed by atoms with E-state index in [0.29, 0.717) is 52.6 Å². The number of aryl methyl sites for hydroxylation is 2. The van der Waals surface area contributed by atoms with Crippen LogP contribution in [0.15, 0.2) is 76.8 Å². The molecule has 3 aromatic rings. The van der Waals surface area contributed by atoms with E-state index in [1.807, 2.05) is 49.4 Å². The van der Waals surface area contributed by atoms with Gasteiger partial charge in [0, 0.05) is 23.3 Å². The molecule has 0 N–H and O–H groups in total. The quantitative estimate of drug-likeness (QED) is 0.0613. The second-order valence-corrected chi connectivity index (χ2v) is 15.8. The van der Waals surface area contributed by atoms with Crippen molar-refractivity contribution in [3.05, 3.63) is 98.6 Å². The Morgan fingerprint density at radius 1 is 0.933 bits per heavy atom. The highest BCUT2D eigenvalue weighted by Gasteiger charge is 2.40. The summed E-state index contributed by atoms with van der Waals surface area (Å²) in [5.41, 5.74) is 6.00. The normalized spacial score (nSPS) is 15.9. The molecule has 6 rings (SSSR count). The van der Waals surface area contributed by atoms with Gasteiger partial charge in [-0.05, 0) is 105 Å². The number of para-hydroxylation sites is 3. The highest BCUT2D eigenvalue weighted by atomic mass is 35.5. The first-order valence-corrected chi connectivity index (χ1v) is 21.6. The molecule has 60 heavy (non-hydrogen) atoms. The Bertz CT molecular complexity index is 2070. The van der Waals surface area contributed by atoms with Crippen LogP contribution in [0, 0.1) is 0 Å². The molecule has 322 valence electrons. The Hall–Kier alpha value is -4.10. The van der Waals surface area contributed by atoms with E-state index in [4.69, 9.17) is 72.2 Å². The Morgan fingerprint density at radius 3 is 2.10 bits per heavy atom. The number of nitrogens with zero attached hydrogens (tertiary/aromatic N) is 3. The fourth-order valence-corrected chi connectivity index (χ4v) is 7.62. The molecule has 3 aliphatic rings. The number of anilines is 3. The van der Waals surface area contributed by atoms with Crippen molar-refractivity contribution in [1.82, 2.24) is 0 Å². The molecule has 0 bridgehead atoms. The monoisotopic (exact) mass is 921 g/mol. The largest absolute Gasteiger partial charge is 0.489 e. The van der Waals surface area contributed by atoms with E-state index < -0.39 is 10.8 Å². The number of esters is 1. The van der Waals surface area contributed by atoms with Crippen LogP contribution in [0.4, 0.5) is 17.1 Å². The second kappa shape index (κ2) is 23.2. The summed E-state index contributed by atoms with van der Waals surface area (Å²) in [6.07, 6.45) is 6.20. The summed E-state index contributed by atoms with van der Waals surface area (Å²) in [5, 5.41) is 0.204. The summed E-state index contributed by atoms with van der Waals surface area (Å²) >= 11 is 29.1. The number of alkyl halides is 3. The van der Waals surface area contributed by atoms with Crippen LogP contribution in [0.2, 0.25) is 5.02 Å². The maximum absolute atomic E-state index is 12.7. The van der Waals surface area contributed by atoms with Crippen molar-refractivity contribution >= 4 is 111 Å². The number of amides is 4. The predicted molar refractivity (Wildman–Crippen MR) is 240 cm³/mol. The third-order valence-electron chi connectivity index (χ3n) is 9.76. The lowest BCUT2D eigenvalue weighted by Gasteiger charge is -2.35. The molecule has 0 fully saturated rings. The number of methoxy groups -OCH3 is 1. The number of carbonyl (C=O) groups is 5. The number of benzene rings is 3. The molecular weight excluding hydrogens is 876 g/mol. The van der Waals surface area contributed by atoms with E-state index in [1.54, 1.807) is 42.0 Å². The summed E-state index contributed by atoms with van der Waals surface area (Å²) in [6.45, 7) is 8.60. The summed E-state index contributed by atoms with van der Waals surface area (Å²) in [4.78, 5) is 64.2. The molecule has 0 radical (unpaired) electrons. The maximum atomic E-state index is 12.7. The predicted octanol–water partition coefficient (Wildman–Crippen LogP) is 9.82. The topological polar surface area (TPSA) is 123 Å². The van der Waals surface area contributed by atoms with Gasteiger partial charge in [0.2, 0.25) is 5.91 Å². The fraction of sp³-hybridized carbons (Fsp3) is 0.386. The SMILES string of the molecule is CC1COc2ccccc2N1C(=O)C(Cl)Cl.CCOC(=O)/C(Cl)=C/c1cc(N2C(=O)C3=C(CCCC3)C2=O)ccc1Cl.CCc1cccc(CC)c1N(COC)C(=O)CCl. The summed E-state index contributed by atoms with van der Waals surface area (Å²) in [5.74, 6) is -1.02. The van der Waals surface area contributed by atoms with E-state index in [2.05, 4.69) is 13.8 Å². The number of rotatable bonds is 11. The standard InChI is InChI=1S/C19H17Cl2NO4.C14H20ClNO2.C11H11Cl2NO2/c1-2-26-19(25)16(21)10-11-9-12(7-8-15(11)20)22-17(23)13-5-3-4-6-14(13)18(22)24;1-4-11-7-6-8-12(5-2)14(11)16(10-18-3)13(17)9-15;1-7-6-16-9-5-3-2-4-8(9)14(7)11(15)10(12)13/h7-10H,2-6H2,1H3;6-8H,4-5,9-10H2,1-3H3;2-5,7,10H,6H2,1H3/b16-10-;;. The van der Waals surface area contributed by atoms with Crippen LogP contribution in [0.1, 0.15) is 70.1 Å². The van der Waals surface area contributed by atoms with Gasteiger partial charge in [0.15, 0.2) is 4.84 Å². The number of hydrogen-bond donors (Lipinski definition) is 0. The number of fused-ring (bicyclic) bond motifs is 1. The molecule has 1 unspecified atom stereocenters. The van der Waals surface area contributed by atoms with Gasteiger partial charge in [0.05, 0.1) is 29.7 Å². The van der Waals surface area contributed by atoms with E-state index >= 15 is 0 Å². The van der Waals surface area contributed by atoms with Gasteiger partial charge in [-0.15, -0.1) is 11.6 Å². The summed E-state index contributed by atoms with van der Waals surface area (Å²) < 4.78 is 15.5. The Balaban J connectivity index is 0.000000206. The van der Waals surface area contributed by atoms with E-state index in [-0.39, 0.29) is 53.9 Å². The highest BCUT2D eigenvalue weighted by molar-refractivity contribution is 6.54. The zero-order chi connectivity index (χ0) is 44.1. The minimum absolute atomic E-state index is 0.0371. The maximum Gasteiger partial charge on any atom is 0.349 e. The fourth-order valence-electron chi connectivity index (χ4n) is 6.92. The molecule has 3 aromatic carbocycles. The van der Waals surface area contributed by atoms with Gasteiger partial charge in [0.1, 0.15) is 30.0 Å². The van der Waals surface area contributed by atoms with Crippen molar-refractivity contribution in [3.8, 4) is 5.75 Å². The molecule has 4 amide bonds. The average molecular weight is 924 g/mol. The zero-order valence-electron chi connectivity index (χ0n) is 34.1. The molecule has 1 atom stereocenters. The van der Waals surface area contributed by atoms with Crippen LogP contribution in [0.25, 0.3) is 6.08 Å². The smallest absolute Gasteiger partial charge is 0.349 e. The summed E-state index contributed by atoms with van der Waals surface area (Å²) in [7, 11) is 1.58. The van der Waals surface area contributed by atoms with Crippen LogP contribution < -0.4 is 19.4 Å². The van der Waals surface area contributed by atoms with E-state index in [9.17, 15) is 24.0 Å². The minimum Gasteiger partial charge on any atom is -0.489 e. The molecular formula is C44H48Cl5N3O8. The lowest BCUT2D eigenvalue weighted by Crippen LogP contribution is -2.47. The summed E-state index contributed by atoms with van der Waals surface area (Å²) in [6, 6.07) is 18.1. The van der Waals surface area contributed by atoms with Crippen molar-refractivity contribution in [2.45, 2.75) is 77.1 Å². The average Bonchev–Trinajstić information content (AvgIpc) is 3.51. The Labute approximate surface area is 376 Å². The van der Waals surface area contributed by atoms with E-state index in [1.165, 1.54) is 11.0 Å². The number of ether oxygens (including phenoxy) is 3. The lowest BCUT2D eigenvalue weighted by atomic mass is 9.93. The molecule has 11 nitrogen and oxygen atoms in total. The van der Waals surface area contributed by atoms with Crippen LogP contribution in [0.5, 0.6) is 5.75 Å². The zero-order valence-corrected chi connectivity index (χ0v) is 37.9. The van der Waals surface area contributed by atoms with Crippen molar-refractivity contribution < 1.29 is 38.2 Å². The van der Waals surface area contributed by atoms with Crippen LogP contribution in [0.3, 0.4) is 0 Å². The van der Waals surface area contributed by atoms with Gasteiger partial charge in [-0.1, -0.05) is 90.6 Å². The van der Waals surface area contributed by atoms with Gasteiger partial charge in [0.25, 0.3) is 17.7 Å². The number of hydrogen-bond acceptors (Lipinski definition) is 8. The number of imide groups is 1. The molecule has 0 saturated heterocycles. The Kier molecular flexibility index (Phi) is 18.8. The van der Waals surface area contributed by atoms with Crippen LogP contribution >= 0.6 is 58.0 Å². The highest BCUT2D eigenvalue weighted by Crippen LogP contribution is 2.38. The second-order valence-electron chi connectivity index (χ2n) is 13.7. The van der Waals surface area contributed by atoms with Gasteiger partial charge < -0.3 is 19.1 Å². The molecule has 16 heteroatoms. The van der Waals surface area contributed by atoms with Gasteiger partial charge in [-0.2, -0.15) is 0 Å². The first-order valence-electron chi connectivity index (χ1n) is 19.5. The van der Waals surface area contributed by atoms with Crippen molar-refractivity contribution in [2.24, 2.45) is 0 Å². The third kappa shape index (κ3) is 11.6. The number of halogens is 5. The first-order chi connectivity index (χ1) is 28.7. The van der Waals surface area contributed by atoms with Gasteiger partial charge >= 0.3 is 5.97 Å². The van der Waals surface area contributed by atoms with Crippen molar-refractivity contribution in [2.75, 3.05) is 47.6 Å². The molecule has 1 aliphatic carbocycles. The third-order valence-corrected chi connectivity index (χ3v) is 11.0. The van der Waals surface area contributed by atoms with Gasteiger partial charge in [-0.3, -0.25) is 24.1 Å². The van der Waals surface area contributed by atoms with Crippen molar-refractivity contribution in [1.29, 1.82) is 0 Å². The van der Waals surface area contributed by atoms with E-state index in [0.717, 1.165) is 48.2 Å². The molecule has 0 aromatic heterocycles. The molecule has 2 aliphatic heterocycles. The lowest BCUT2D eigenvalue weighted by molar-refractivity contribution is -0.137. The number of carbonyl (C=O) groups excluding carboxylic acids is 5. The van der Waals surface area contributed by atoms with Crippen molar-refractivity contribution in [3.63, 3.8) is 0 Å². The van der Waals surface area contributed by atoms with Crippen LogP contribution in [-0.4, -0.2) is 73.4 Å². The molecule has 0 spiro atoms. The minimum atomic E-state index is -1.05. The first kappa shape index (κ1) is 48.6.